The maximum Gasteiger partial charge on any atom is 0.304 e. The predicted octanol–water partition coefficient (Wildman–Crippen LogP) is 4.58. The average Bonchev–Trinajstić information content (AvgIpc) is 3.01. The van der Waals surface area contributed by atoms with Crippen molar-refractivity contribution >= 4 is 22.6 Å². The Morgan fingerprint density at radius 1 is 1.10 bits per heavy atom. The summed E-state index contributed by atoms with van der Waals surface area (Å²) >= 11 is 0. The molecule has 0 aliphatic carbocycles. The van der Waals surface area contributed by atoms with E-state index in [1.807, 2.05) is 6.92 Å². The number of halogens is 1. The Labute approximate surface area is 177 Å². The fourth-order valence-electron chi connectivity index (χ4n) is 2.99. The first-order valence-corrected chi connectivity index (χ1v) is 9.78. The number of hydrogen-bond acceptors (Lipinski definition) is 5. The van der Waals surface area contributed by atoms with E-state index in [9.17, 15) is 24.2 Å². The van der Waals surface area contributed by atoms with Gasteiger partial charge in [-0.2, -0.15) is 0 Å². The molecule has 1 heterocycles. The molecular weight excluding hydrogens is 405 g/mol. The molecule has 0 radical (unpaired) electrons. The van der Waals surface area contributed by atoms with Gasteiger partial charge in [0.05, 0.1) is 0 Å². The molecule has 3 aromatic rings. The lowest BCUT2D eigenvalue weighted by molar-refractivity contribution is -0.124. The lowest BCUT2D eigenvalue weighted by Gasteiger charge is -2.10. The predicted molar refractivity (Wildman–Crippen MR) is 111 cm³/mol. The third-order valence-corrected chi connectivity index (χ3v) is 4.72. The summed E-state index contributed by atoms with van der Waals surface area (Å²) in [4.78, 5) is 24.4. The number of hydrogen-bond donors (Lipinski definition) is 2. The van der Waals surface area contributed by atoms with Crippen LogP contribution in [0.15, 0.2) is 52.7 Å². The minimum Gasteiger partial charge on any atom is -0.494 e. The van der Waals surface area contributed by atoms with Crippen LogP contribution in [0.5, 0.6) is 17.5 Å². The van der Waals surface area contributed by atoms with Crippen LogP contribution in [0.1, 0.15) is 37.0 Å². The van der Waals surface area contributed by atoms with Crippen molar-refractivity contribution in [2.24, 2.45) is 10.2 Å². The molecular formula is C22H22FN3O5. The Morgan fingerprint density at radius 2 is 1.81 bits per heavy atom. The van der Waals surface area contributed by atoms with Crippen molar-refractivity contribution in [3.63, 3.8) is 0 Å². The molecule has 0 bridgehead atoms. The molecule has 0 fully saturated rings. The van der Waals surface area contributed by atoms with E-state index in [4.69, 9.17) is 4.74 Å². The number of unbranched alkanes of at least 4 members (excludes halogenated alkanes) is 1. The molecule has 1 aromatic heterocycles. The van der Waals surface area contributed by atoms with Gasteiger partial charge in [0.25, 0.3) is 5.91 Å². The number of aromatic nitrogens is 1. The summed E-state index contributed by atoms with van der Waals surface area (Å²) in [6, 6.07) is 9.87. The van der Waals surface area contributed by atoms with E-state index >= 15 is 0 Å². The van der Waals surface area contributed by atoms with Crippen LogP contribution >= 0.6 is 0 Å². The molecule has 0 spiro atoms. The van der Waals surface area contributed by atoms with Crippen molar-refractivity contribution in [2.75, 3.05) is 0 Å². The summed E-state index contributed by atoms with van der Waals surface area (Å²) in [6.07, 6.45) is 0.492. The van der Waals surface area contributed by atoms with Crippen molar-refractivity contribution in [1.82, 2.24) is 4.57 Å². The smallest absolute Gasteiger partial charge is 0.304 e. The van der Waals surface area contributed by atoms with Gasteiger partial charge >= 0.3 is 5.91 Å². The quantitative estimate of drug-likeness (QED) is 0.536. The van der Waals surface area contributed by atoms with E-state index in [2.05, 4.69) is 10.2 Å². The zero-order chi connectivity index (χ0) is 22.5. The fraction of sp³-hybridized carbons (Fsp3) is 0.273. The lowest BCUT2D eigenvalue weighted by atomic mass is 10.1. The molecule has 0 saturated carbocycles. The average molecular weight is 427 g/mol. The molecule has 2 N–H and O–H groups in total. The monoisotopic (exact) mass is 427 g/mol. The SMILES string of the molecule is CCCCn1c(O)c2ccc(C(=O)N=NC(=O)[C@@H](C)Oc3ccccc3F)cc2c1O. The Balaban J connectivity index is 1.74. The van der Waals surface area contributed by atoms with Crippen LogP contribution in [0.4, 0.5) is 4.39 Å². The van der Waals surface area contributed by atoms with Crippen molar-refractivity contribution in [1.29, 1.82) is 0 Å². The molecule has 1 atom stereocenters. The number of carbonyl (C=O) groups excluding carboxylic acids is 2. The Bertz CT molecular complexity index is 1160. The highest BCUT2D eigenvalue weighted by Crippen LogP contribution is 2.37. The van der Waals surface area contributed by atoms with Gasteiger partial charge in [0.2, 0.25) is 11.8 Å². The van der Waals surface area contributed by atoms with Gasteiger partial charge in [0, 0.05) is 22.9 Å². The van der Waals surface area contributed by atoms with E-state index in [1.165, 1.54) is 47.9 Å². The molecule has 3 rings (SSSR count). The molecule has 9 heteroatoms. The normalized spacial score (nSPS) is 12.4. The summed E-state index contributed by atoms with van der Waals surface area (Å²) in [5.41, 5.74) is 0.0784. The van der Waals surface area contributed by atoms with Gasteiger partial charge < -0.3 is 14.9 Å². The molecule has 8 nitrogen and oxygen atoms in total. The van der Waals surface area contributed by atoms with Gasteiger partial charge in [-0.05, 0) is 43.7 Å². The van der Waals surface area contributed by atoms with Crippen LogP contribution in [0.25, 0.3) is 10.8 Å². The molecule has 162 valence electrons. The number of ether oxygens (including phenoxy) is 1. The Hall–Kier alpha value is -3.75. The van der Waals surface area contributed by atoms with Gasteiger partial charge in [-0.15, -0.1) is 10.2 Å². The van der Waals surface area contributed by atoms with Crippen molar-refractivity contribution in [2.45, 2.75) is 39.3 Å². The number of amides is 2. The molecule has 31 heavy (non-hydrogen) atoms. The van der Waals surface area contributed by atoms with Crippen LogP contribution in [-0.4, -0.2) is 32.7 Å². The highest BCUT2D eigenvalue weighted by Gasteiger charge is 2.19. The lowest BCUT2D eigenvalue weighted by Crippen LogP contribution is -2.22. The van der Waals surface area contributed by atoms with Gasteiger partial charge in [0.15, 0.2) is 17.7 Å². The first-order chi connectivity index (χ1) is 14.8. The minimum absolute atomic E-state index is 0.0784. The number of rotatable bonds is 7. The first kappa shape index (κ1) is 21.9. The molecule has 2 aromatic carbocycles. The number of aromatic hydroxyl groups is 2. The molecule has 0 saturated heterocycles. The summed E-state index contributed by atoms with van der Waals surface area (Å²) in [5, 5.41) is 28.1. The maximum absolute atomic E-state index is 13.6. The molecule has 0 aliphatic heterocycles. The van der Waals surface area contributed by atoms with Gasteiger partial charge in [-0.25, -0.2) is 4.39 Å². The Kier molecular flexibility index (Phi) is 6.64. The van der Waals surface area contributed by atoms with Crippen molar-refractivity contribution in [3.8, 4) is 17.5 Å². The van der Waals surface area contributed by atoms with Gasteiger partial charge in [-0.1, -0.05) is 25.5 Å². The topological polar surface area (TPSA) is 113 Å². The van der Waals surface area contributed by atoms with E-state index in [0.717, 1.165) is 12.8 Å². The van der Waals surface area contributed by atoms with Crippen LogP contribution in [0, 0.1) is 5.82 Å². The van der Waals surface area contributed by atoms with Crippen LogP contribution in [-0.2, 0) is 11.3 Å². The van der Waals surface area contributed by atoms with E-state index in [1.54, 1.807) is 6.07 Å². The summed E-state index contributed by atoms with van der Waals surface area (Å²) < 4.78 is 20.2. The number of nitrogens with zero attached hydrogens (tertiary/aromatic N) is 3. The maximum atomic E-state index is 13.6. The molecule has 0 unspecified atom stereocenters. The summed E-state index contributed by atoms with van der Waals surface area (Å²) in [6.45, 7) is 3.78. The highest BCUT2D eigenvalue weighted by molar-refractivity contribution is 6.02. The van der Waals surface area contributed by atoms with Crippen molar-refractivity contribution < 1.29 is 28.9 Å². The van der Waals surface area contributed by atoms with Gasteiger partial charge in [-0.3, -0.25) is 14.2 Å². The second-order valence-electron chi connectivity index (χ2n) is 6.95. The van der Waals surface area contributed by atoms with E-state index in [0.29, 0.717) is 11.9 Å². The molecule has 0 aliphatic rings. The minimum atomic E-state index is -1.15. The molecule has 2 amide bonds. The number of carbonyl (C=O) groups is 2. The second-order valence-corrected chi connectivity index (χ2v) is 6.95. The van der Waals surface area contributed by atoms with Crippen LogP contribution in [0.2, 0.25) is 0 Å². The second kappa shape index (κ2) is 9.38. The zero-order valence-electron chi connectivity index (χ0n) is 17.1. The summed E-state index contributed by atoms with van der Waals surface area (Å²) in [5.74, 6) is -2.65. The number of benzene rings is 2. The van der Waals surface area contributed by atoms with Crippen molar-refractivity contribution in [3.05, 3.63) is 53.8 Å². The number of para-hydroxylation sites is 1. The standard InChI is InChI=1S/C22H22FN3O5/c1-3-4-11-26-21(29)15-10-9-14(12-16(15)22(26)30)20(28)25-24-19(27)13(2)31-18-8-6-5-7-17(18)23/h5-10,12-13,29-30H,3-4,11H2,1-2H3/t13-/m1/s1. The highest BCUT2D eigenvalue weighted by atomic mass is 19.1. The van der Waals surface area contributed by atoms with Gasteiger partial charge in [0.1, 0.15) is 0 Å². The third-order valence-electron chi connectivity index (χ3n) is 4.72. The number of azo groups is 1. The number of fused-ring (bicyclic) bond motifs is 1. The largest absolute Gasteiger partial charge is 0.494 e. The summed E-state index contributed by atoms with van der Waals surface area (Å²) in [7, 11) is 0. The Morgan fingerprint density at radius 3 is 2.52 bits per heavy atom. The first-order valence-electron chi connectivity index (χ1n) is 9.78. The zero-order valence-corrected chi connectivity index (χ0v) is 17.1. The van der Waals surface area contributed by atoms with Crippen LogP contribution in [0.3, 0.4) is 0 Å². The van der Waals surface area contributed by atoms with E-state index in [-0.39, 0.29) is 28.5 Å². The van der Waals surface area contributed by atoms with E-state index < -0.39 is 23.7 Å². The third kappa shape index (κ3) is 4.71. The fourth-order valence-corrected chi connectivity index (χ4v) is 2.99. The van der Waals surface area contributed by atoms with Crippen LogP contribution < -0.4 is 4.74 Å².